The number of halogens is 3. The van der Waals surface area contributed by atoms with E-state index in [9.17, 15) is 18.0 Å². The Kier molecular flexibility index (Phi) is 8.61. The van der Waals surface area contributed by atoms with Crippen molar-refractivity contribution in [3.05, 3.63) is 95.8 Å². The third-order valence-electron chi connectivity index (χ3n) is 6.23. The van der Waals surface area contributed by atoms with Gasteiger partial charge < -0.3 is 4.74 Å². The molecule has 0 aliphatic heterocycles. The quantitative estimate of drug-likeness (QED) is 0.192. The van der Waals surface area contributed by atoms with E-state index >= 15 is 0 Å². The van der Waals surface area contributed by atoms with Crippen LogP contribution in [0.15, 0.2) is 79.1 Å². The second-order valence-electron chi connectivity index (χ2n) is 9.57. The number of nitrogens with zero attached hydrogens (tertiary/aromatic N) is 3. The monoisotopic (exact) mass is 521 g/mol. The Morgan fingerprint density at radius 3 is 2.37 bits per heavy atom. The molecule has 0 amide bonds. The molecule has 0 saturated carbocycles. The van der Waals surface area contributed by atoms with Gasteiger partial charge in [-0.2, -0.15) is 0 Å². The number of hydrogen-bond donors (Lipinski definition) is 0. The Bertz CT molecular complexity index is 1340. The van der Waals surface area contributed by atoms with Crippen molar-refractivity contribution in [3.8, 4) is 22.8 Å². The van der Waals surface area contributed by atoms with Crippen LogP contribution >= 0.6 is 0 Å². The van der Waals surface area contributed by atoms with E-state index in [0.29, 0.717) is 30.3 Å². The molecular weight excluding hydrogens is 491 g/mol. The third-order valence-corrected chi connectivity index (χ3v) is 6.23. The molecule has 0 N–H and O–H groups in total. The van der Waals surface area contributed by atoms with Gasteiger partial charge in [0.1, 0.15) is 17.9 Å². The molecule has 5 nitrogen and oxygen atoms in total. The highest BCUT2D eigenvalue weighted by Crippen LogP contribution is 2.24. The summed E-state index contributed by atoms with van der Waals surface area (Å²) in [6.07, 6.45) is 0.506. The van der Waals surface area contributed by atoms with Crippen LogP contribution in [0.4, 0.5) is 13.2 Å². The lowest BCUT2D eigenvalue weighted by molar-refractivity contribution is -0.274. The molecule has 1 aromatic heterocycles. The minimum absolute atomic E-state index is 0.269. The summed E-state index contributed by atoms with van der Waals surface area (Å²) in [7, 11) is 0. The Morgan fingerprint density at radius 1 is 0.947 bits per heavy atom. The first-order valence-electron chi connectivity index (χ1n) is 12.6. The second-order valence-corrected chi connectivity index (χ2v) is 9.57. The summed E-state index contributed by atoms with van der Waals surface area (Å²) in [5, 5.41) is 4.43. The van der Waals surface area contributed by atoms with Crippen molar-refractivity contribution in [2.45, 2.75) is 58.2 Å². The molecule has 4 aromatic rings. The van der Waals surface area contributed by atoms with Crippen molar-refractivity contribution in [1.82, 2.24) is 14.8 Å². The van der Waals surface area contributed by atoms with Crippen molar-refractivity contribution in [2.75, 3.05) is 0 Å². The van der Waals surface area contributed by atoms with Crippen LogP contribution in [-0.2, 0) is 17.6 Å². The number of alkyl halides is 3. The first kappa shape index (κ1) is 27.1. The molecule has 0 saturated heterocycles. The van der Waals surface area contributed by atoms with Crippen molar-refractivity contribution < 1.29 is 22.7 Å². The molecule has 0 fully saturated rings. The number of aromatic nitrogens is 3. The summed E-state index contributed by atoms with van der Waals surface area (Å²) < 4.78 is 42.4. The molecular formula is C30H30F3N3O2. The molecule has 3 aromatic carbocycles. The largest absolute Gasteiger partial charge is 0.573 e. The summed E-state index contributed by atoms with van der Waals surface area (Å²) in [6.45, 7) is 4.30. The van der Waals surface area contributed by atoms with Crippen LogP contribution in [0, 0.1) is 0 Å². The highest BCUT2D eigenvalue weighted by Gasteiger charge is 2.31. The molecule has 198 valence electrons. The van der Waals surface area contributed by atoms with E-state index in [-0.39, 0.29) is 11.5 Å². The smallest absolute Gasteiger partial charge is 0.406 e. The molecule has 0 aliphatic carbocycles. The molecule has 0 spiro atoms. The van der Waals surface area contributed by atoms with Crippen LogP contribution in [-0.4, -0.2) is 26.9 Å². The number of Topliss-reactive ketones (excluding diaryl/α,β-unsaturated/α-hetero) is 1. The molecule has 0 aliphatic rings. The van der Waals surface area contributed by atoms with E-state index < -0.39 is 6.36 Å². The Balaban J connectivity index is 1.24. The average molecular weight is 522 g/mol. The minimum atomic E-state index is -4.73. The van der Waals surface area contributed by atoms with E-state index in [0.717, 1.165) is 30.4 Å². The first-order valence-corrected chi connectivity index (χ1v) is 12.6. The summed E-state index contributed by atoms with van der Waals surface area (Å²) in [4.78, 5) is 16.7. The van der Waals surface area contributed by atoms with Crippen LogP contribution in [0.5, 0.6) is 5.75 Å². The van der Waals surface area contributed by atoms with Gasteiger partial charge in [-0.3, -0.25) is 4.79 Å². The molecule has 0 radical (unpaired) electrons. The van der Waals surface area contributed by atoms with Gasteiger partial charge in [0.25, 0.3) is 0 Å². The molecule has 38 heavy (non-hydrogen) atoms. The number of hydrogen-bond acceptors (Lipinski definition) is 4. The number of carbonyl (C=O) groups is 1. The highest BCUT2D eigenvalue weighted by atomic mass is 19.4. The number of ketones is 1. The van der Waals surface area contributed by atoms with E-state index in [4.69, 9.17) is 0 Å². The van der Waals surface area contributed by atoms with Gasteiger partial charge in [0.05, 0.1) is 5.69 Å². The van der Waals surface area contributed by atoms with Gasteiger partial charge >= 0.3 is 6.36 Å². The number of benzene rings is 3. The Hall–Kier alpha value is -3.94. The zero-order valence-electron chi connectivity index (χ0n) is 21.4. The van der Waals surface area contributed by atoms with E-state index in [2.05, 4.69) is 40.8 Å². The normalized spacial score (nSPS) is 11.6. The van der Waals surface area contributed by atoms with Gasteiger partial charge in [0.2, 0.25) is 0 Å². The van der Waals surface area contributed by atoms with Gasteiger partial charge in [-0.1, -0.05) is 62.4 Å². The predicted octanol–water partition coefficient (Wildman–Crippen LogP) is 7.48. The first-order chi connectivity index (χ1) is 18.2. The van der Waals surface area contributed by atoms with Crippen LogP contribution in [0.2, 0.25) is 0 Å². The fourth-order valence-electron chi connectivity index (χ4n) is 4.17. The summed E-state index contributed by atoms with van der Waals surface area (Å²) in [5.74, 6) is 0.938. The van der Waals surface area contributed by atoms with Gasteiger partial charge in [-0.25, -0.2) is 9.67 Å². The summed E-state index contributed by atoms with van der Waals surface area (Å²) >= 11 is 0. The number of carbonyl (C=O) groups excluding carboxylic acids is 1. The fourth-order valence-corrected chi connectivity index (χ4v) is 4.17. The van der Waals surface area contributed by atoms with Gasteiger partial charge in [-0.05, 0) is 66.1 Å². The van der Waals surface area contributed by atoms with Crippen LogP contribution in [0.1, 0.15) is 55.7 Å². The van der Waals surface area contributed by atoms with Crippen molar-refractivity contribution in [1.29, 1.82) is 0 Å². The Morgan fingerprint density at radius 2 is 1.68 bits per heavy atom. The molecule has 8 heteroatoms. The van der Waals surface area contributed by atoms with Crippen molar-refractivity contribution >= 4 is 5.78 Å². The van der Waals surface area contributed by atoms with Crippen LogP contribution in [0.25, 0.3) is 17.1 Å². The van der Waals surface area contributed by atoms with E-state index in [1.54, 1.807) is 0 Å². The average Bonchev–Trinajstić information content (AvgIpc) is 3.37. The number of ether oxygens (including phenoxy) is 1. The van der Waals surface area contributed by atoms with Crippen LogP contribution < -0.4 is 4.74 Å². The van der Waals surface area contributed by atoms with Crippen molar-refractivity contribution in [2.24, 2.45) is 0 Å². The predicted molar refractivity (Wildman–Crippen MR) is 140 cm³/mol. The maximum Gasteiger partial charge on any atom is 0.573 e. The van der Waals surface area contributed by atoms with E-state index in [1.165, 1.54) is 46.4 Å². The molecule has 1 heterocycles. The minimum Gasteiger partial charge on any atom is -0.406 e. The molecule has 4 rings (SSSR count). The topological polar surface area (TPSA) is 57.0 Å². The number of rotatable bonds is 11. The molecule has 0 atom stereocenters. The maximum absolute atomic E-state index is 12.4. The lowest BCUT2D eigenvalue weighted by Crippen LogP contribution is -2.17. The lowest BCUT2D eigenvalue weighted by Gasteiger charge is -2.09. The summed E-state index contributed by atoms with van der Waals surface area (Å²) in [5.41, 5.74) is 4.92. The lowest BCUT2D eigenvalue weighted by atomic mass is 9.97. The zero-order chi connectivity index (χ0) is 27.1. The fraction of sp³-hybridized carbons (Fsp3) is 0.300. The summed E-state index contributed by atoms with van der Waals surface area (Å²) in [6, 6.07) is 21.7. The van der Waals surface area contributed by atoms with Gasteiger partial charge in [0, 0.05) is 18.4 Å². The molecule has 0 bridgehead atoms. The van der Waals surface area contributed by atoms with E-state index in [1.807, 2.05) is 36.4 Å². The Labute approximate surface area is 220 Å². The molecule has 0 unspecified atom stereocenters. The SMILES string of the molecule is CC(C)c1cccc(CC(=O)CCCCc2ccc(-c3ncn(-c4ccc(OC(F)(F)F)cc4)n3)cc2)c1. The van der Waals surface area contributed by atoms with Crippen LogP contribution in [0.3, 0.4) is 0 Å². The van der Waals surface area contributed by atoms with Crippen molar-refractivity contribution in [3.63, 3.8) is 0 Å². The highest BCUT2D eigenvalue weighted by molar-refractivity contribution is 5.80. The van der Waals surface area contributed by atoms with Gasteiger partial charge in [-0.15, -0.1) is 18.3 Å². The third kappa shape index (κ3) is 7.78. The number of unbranched alkanes of at least 4 members (excludes halogenated alkanes) is 1. The second kappa shape index (κ2) is 12.1. The number of aryl methyl sites for hydroxylation is 1. The zero-order valence-corrected chi connectivity index (χ0v) is 21.4. The standard InChI is InChI=1S/C30H30F3N3O2/c1-21(2)25-8-5-7-23(18-25)19-27(37)9-4-3-6-22-10-12-24(13-11-22)29-34-20-36(35-29)26-14-16-28(17-15-26)38-30(31,32)33/h5,7-8,10-18,20-21H,3-4,6,9,19H2,1-2H3. The maximum atomic E-state index is 12.4. The van der Waals surface area contributed by atoms with Gasteiger partial charge in [0.15, 0.2) is 5.82 Å².